The first kappa shape index (κ1) is 36.8. The Kier molecular flexibility index (Phi) is 11.4. The van der Waals surface area contributed by atoms with E-state index in [4.69, 9.17) is 25.8 Å². The van der Waals surface area contributed by atoms with Crippen LogP contribution in [0.5, 0.6) is 17.2 Å². The van der Waals surface area contributed by atoms with Crippen LogP contribution in [0.3, 0.4) is 0 Å². The summed E-state index contributed by atoms with van der Waals surface area (Å²) in [7, 11) is 5.07. The van der Waals surface area contributed by atoms with Crippen molar-refractivity contribution < 1.29 is 23.9 Å². The fourth-order valence-electron chi connectivity index (χ4n) is 7.73. The first-order chi connectivity index (χ1) is 23.5. The van der Waals surface area contributed by atoms with Gasteiger partial charge in [-0.05, 0) is 74.4 Å². The van der Waals surface area contributed by atoms with Gasteiger partial charge in [0, 0.05) is 58.1 Å². The molecule has 49 heavy (non-hydrogen) atoms. The van der Waals surface area contributed by atoms with Crippen molar-refractivity contribution in [3.05, 3.63) is 87.1 Å². The lowest BCUT2D eigenvalue weighted by molar-refractivity contribution is -0.438. The minimum atomic E-state index is -0.239. The lowest BCUT2D eigenvalue weighted by atomic mass is 9.81. The van der Waals surface area contributed by atoms with E-state index in [1.165, 1.54) is 39.4 Å². The fourth-order valence-corrected chi connectivity index (χ4v) is 8.05. The number of fused-ring (bicyclic) bond motifs is 2. The van der Waals surface area contributed by atoms with Crippen molar-refractivity contribution in [2.24, 2.45) is 0 Å². The van der Waals surface area contributed by atoms with Crippen LogP contribution < -0.4 is 19.1 Å². The van der Waals surface area contributed by atoms with Crippen molar-refractivity contribution in [1.29, 1.82) is 0 Å². The zero-order valence-corrected chi connectivity index (χ0v) is 31.9. The number of allylic oxidation sites excluding steroid dienone is 8. The highest BCUT2D eigenvalue weighted by molar-refractivity contribution is 6.32. The number of aliphatic hydroxyl groups excluding tert-OH is 1. The Morgan fingerprint density at radius 2 is 1.53 bits per heavy atom. The standard InChI is InChI=1S/C42H56ClN2O4/c1-10-12-21-44-33-25-35(47-7)30(27-46)23-31(33)41(3,4)38(44)19-17-28-15-14-16-29(40(28)43)18-20-39-42(5,6)32-24-36(48-8)37(49-9)26-34(32)45(39)22-13-11-2/h17-20,23-26,46H,10-16,21-22,27H2,1-9H3/q+1. The van der Waals surface area contributed by atoms with Gasteiger partial charge < -0.3 is 24.2 Å². The molecule has 3 aliphatic rings. The molecule has 0 atom stereocenters. The van der Waals surface area contributed by atoms with Crippen LogP contribution in [0.4, 0.5) is 11.4 Å². The molecule has 5 rings (SSSR count). The van der Waals surface area contributed by atoms with Crippen LogP contribution in [-0.4, -0.2) is 49.8 Å². The minimum absolute atomic E-state index is 0.0531. The number of unbranched alkanes of at least 4 members (excludes halogenated alkanes) is 2. The molecule has 2 aliphatic heterocycles. The van der Waals surface area contributed by atoms with Crippen LogP contribution in [0.25, 0.3) is 0 Å². The third-order valence-corrected chi connectivity index (χ3v) is 11.2. The van der Waals surface area contributed by atoms with Crippen molar-refractivity contribution in [2.45, 2.75) is 104 Å². The van der Waals surface area contributed by atoms with Crippen LogP contribution in [0.1, 0.15) is 103 Å². The highest BCUT2D eigenvalue weighted by Crippen LogP contribution is 2.50. The molecule has 2 heterocycles. The molecule has 2 aromatic rings. The number of anilines is 1. The third kappa shape index (κ3) is 6.83. The third-order valence-electron chi connectivity index (χ3n) is 10.7. The van der Waals surface area contributed by atoms with Crippen molar-refractivity contribution in [1.82, 2.24) is 0 Å². The van der Waals surface area contributed by atoms with E-state index in [-0.39, 0.29) is 17.4 Å². The van der Waals surface area contributed by atoms with Gasteiger partial charge in [-0.15, -0.1) is 0 Å². The number of methoxy groups -OCH3 is 3. The predicted octanol–water partition coefficient (Wildman–Crippen LogP) is 10.0. The van der Waals surface area contributed by atoms with E-state index < -0.39 is 0 Å². The Hall–Kier alpha value is -3.48. The molecule has 1 aliphatic carbocycles. The lowest BCUT2D eigenvalue weighted by Crippen LogP contribution is -2.28. The Balaban J connectivity index is 1.53. The lowest BCUT2D eigenvalue weighted by Gasteiger charge is -2.27. The monoisotopic (exact) mass is 687 g/mol. The molecule has 0 saturated heterocycles. The smallest absolute Gasteiger partial charge is 0.213 e. The van der Waals surface area contributed by atoms with Crippen LogP contribution in [-0.2, 0) is 17.4 Å². The molecule has 0 saturated carbocycles. The maximum Gasteiger partial charge on any atom is 0.213 e. The van der Waals surface area contributed by atoms with Gasteiger partial charge in [0.2, 0.25) is 5.69 Å². The zero-order chi connectivity index (χ0) is 35.5. The topological polar surface area (TPSA) is 54.2 Å². The second-order valence-corrected chi connectivity index (χ2v) is 14.9. The average molecular weight is 688 g/mol. The first-order valence-corrected chi connectivity index (χ1v) is 18.4. The molecule has 0 amide bonds. The van der Waals surface area contributed by atoms with Gasteiger partial charge in [0.25, 0.3) is 0 Å². The first-order valence-electron chi connectivity index (χ1n) is 18.0. The number of halogens is 1. The van der Waals surface area contributed by atoms with E-state index in [2.05, 4.69) is 99.6 Å². The molecule has 264 valence electrons. The van der Waals surface area contributed by atoms with Crippen LogP contribution >= 0.6 is 11.6 Å². The molecule has 0 spiro atoms. The highest BCUT2D eigenvalue weighted by atomic mass is 35.5. The molecular weight excluding hydrogens is 632 g/mol. The molecule has 0 bridgehead atoms. The summed E-state index contributed by atoms with van der Waals surface area (Å²) in [5.74, 6) is 2.23. The van der Waals surface area contributed by atoms with E-state index in [1.54, 1.807) is 21.3 Å². The minimum Gasteiger partial charge on any atom is -0.496 e. The SMILES string of the molecule is CCCCN1C(=CC=C2CCCC(C=CC3=[N+](CCCC)c4cc(OC)c(OC)cc4C3(C)C)=C2Cl)C(C)(C)c2cc(CO)c(OC)cc21. The van der Waals surface area contributed by atoms with Crippen LogP contribution in [0.15, 0.2) is 70.4 Å². The summed E-state index contributed by atoms with van der Waals surface area (Å²) in [6, 6.07) is 8.48. The normalized spacial score (nSPS) is 19.8. The van der Waals surface area contributed by atoms with Crippen molar-refractivity contribution >= 4 is 28.7 Å². The number of benzene rings is 2. The molecule has 6 nitrogen and oxygen atoms in total. The number of hydrogen-bond donors (Lipinski definition) is 1. The van der Waals surface area contributed by atoms with E-state index in [9.17, 15) is 5.11 Å². The van der Waals surface area contributed by atoms with Gasteiger partial charge in [-0.2, -0.15) is 4.58 Å². The molecule has 0 aromatic heterocycles. The summed E-state index contributed by atoms with van der Waals surface area (Å²) < 4.78 is 19.5. The van der Waals surface area contributed by atoms with Crippen molar-refractivity contribution in [3.63, 3.8) is 0 Å². The van der Waals surface area contributed by atoms with Gasteiger partial charge in [-0.1, -0.05) is 64.3 Å². The highest BCUT2D eigenvalue weighted by Gasteiger charge is 2.45. The summed E-state index contributed by atoms with van der Waals surface area (Å²) in [6.07, 6.45) is 16.4. The Morgan fingerprint density at radius 1 is 0.837 bits per heavy atom. The van der Waals surface area contributed by atoms with Gasteiger partial charge >= 0.3 is 0 Å². The van der Waals surface area contributed by atoms with Crippen molar-refractivity contribution in [3.8, 4) is 17.2 Å². The number of hydrogen-bond acceptors (Lipinski definition) is 5. The molecule has 0 fully saturated rings. The average Bonchev–Trinajstić information content (AvgIpc) is 3.43. The van der Waals surface area contributed by atoms with E-state index in [0.717, 1.165) is 91.6 Å². The van der Waals surface area contributed by atoms with Gasteiger partial charge in [0.15, 0.2) is 17.2 Å². The number of nitrogens with zero attached hydrogens (tertiary/aromatic N) is 2. The number of rotatable bonds is 13. The molecule has 2 aromatic carbocycles. The number of ether oxygens (including phenoxy) is 3. The van der Waals surface area contributed by atoms with Crippen LogP contribution in [0, 0.1) is 0 Å². The molecule has 1 N–H and O–H groups in total. The molecular formula is C42H56ClN2O4+. The van der Waals surface area contributed by atoms with Gasteiger partial charge in [-0.3, -0.25) is 0 Å². The zero-order valence-electron chi connectivity index (χ0n) is 31.1. The van der Waals surface area contributed by atoms with Crippen LogP contribution in [0.2, 0.25) is 0 Å². The van der Waals surface area contributed by atoms with Gasteiger partial charge in [-0.25, -0.2) is 0 Å². The Bertz CT molecular complexity index is 1730. The van der Waals surface area contributed by atoms with Crippen molar-refractivity contribution in [2.75, 3.05) is 39.3 Å². The molecule has 0 radical (unpaired) electrons. The Morgan fingerprint density at radius 3 is 2.18 bits per heavy atom. The predicted molar refractivity (Wildman–Crippen MR) is 204 cm³/mol. The maximum absolute atomic E-state index is 10.1. The summed E-state index contributed by atoms with van der Waals surface area (Å²) in [6.45, 7) is 15.4. The van der Waals surface area contributed by atoms with E-state index >= 15 is 0 Å². The second-order valence-electron chi connectivity index (χ2n) is 14.5. The summed E-state index contributed by atoms with van der Waals surface area (Å²) in [5.41, 5.74) is 10.0. The number of aliphatic hydroxyl groups is 1. The summed E-state index contributed by atoms with van der Waals surface area (Å²) in [4.78, 5) is 2.44. The summed E-state index contributed by atoms with van der Waals surface area (Å²) >= 11 is 7.26. The Labute approximate surface area is 299 Å². The van der Waals surface area contributed by atoms with Gasteiger partial charge in [0.05, 0.1) is 39.4 Å². The largest absolute Gasteiger partial charge is 0.496 e. The fraction of sp³-hybridized carbons (Fsp3) is 0.500. The van der Waals surface area contributed by atoms with Gasteiger partial charge in [0.1, 0.15) is 12.3 Å². The second kappa shape index (κ2) is 15.2. The van der Waals surface area contributed by atoms with E-state index in [1.807, 2.05) is 0 Å². The summed E-state index contributed by atoms with van der Waals surface area (Å²) in [5, 5.41) is 10.9. The quantitative estimate of drug-likeness (QED) is 0.213. The molecule has 7 heteroatoms. The molecule has 0 unspecified atom stereocenters. The maximum atomic E-state index is 10.1. The van der Waals surface area contributed by atoms with E-state index in [0.29, 0.717) is 0 Å².